The fourth-order valence-electron chi connectivity index (χ4n) is 1.43. The van der Waals surface area contributed by atoms with Gasteiger partial charge in [0.25, 0.3) is 0 Å². The lowest BCUT2D eigenvalue weighted by Gasteiger charge is -2.14. The largest absolute Gasteiger partial charge is 0.490 e. The number of nitrogen functional groups attached to an aromatic ring is 1. The Hall–Kier alpha value is -1.76. The Balaban J connectivity index is 2.22. The number of rotatable bonds is 6. The van der Waals surface area contributed by atoms with Gasteiger partial charge in [0.1, 0.15) is 0 Å². The fourth-order valence-corrected chi connectivity index (χ4v) is 1.43. The average molecular weight is 233 g/mol. The summed E-state index contributed by atoms with van der Waals surface area (Å²) in [7, 11) is 0. The third kappa shape index (κ3) is 4.73. The van der Waals surface area contributed by atoms with Crippen LogP contribution < -0.4 is 10.5 Å². The Morgan fingerprint density at radius 3 is 2.88 bits per heavy atom. The van der Waals surface area contributed by atoms with Crippen LogP contribution >= 0.6 is 0 Å². The van der Waals surface area contributed by atoms with E-state index in [1.165, 1.54) is 0 Å². The second-order valence-corrected chi connectivity index (χ2v) is 4.69. The molecule has 0 unspecified atom stereocenters. The lowest BCUT2D eigenvalue weighted by Crippen LogP contribution is -2.08. The summed E-state index contributed by atoms with van der Waals surface area (Å²) in [6.45, 7) is 4.51. The molecule has 0 aliphatic heterocycles. The van der Waals surface area contributed by atoms with Crippen LogP contribution in [0.25, 0.3) is 0 Å². The molecule has 2 N–H and O–H groups in total. The number of nitriles is 1. The van der Waals surface area contributed by atoms with E-state index < -0.39 is 0 Å². The molecule has 0 aliphatic carbocycles. The van der Waals surface area contributed by atoms with E-state index in [1.807, 2.05) is 19.9 Å². The molecule has 4 nitrogen and oxygen atoms in total. The first kappa shape index (κ1) is 13.3. The predicted octanol–water partition coefficient (Wildman–Crippen LogP) is 2.76. The van der Waals surface area contributed by atoms with Crippen LogP contribution in [0, 0.1) is 16.7 Å². The van der Waals surface area contributed by atoms with Gasteiger partial charge in [-0.25, -0.2) is 4.98 Å². The normalized spacial score (nSPS) is 10.9. The Morgan fingerprint density at radius 2 is 2.24 bits per heavy atom. The van der Waals surface area contributed by atoms with Gasteiger partial charge >= 0.3 is 0 Å². The van der Waals surface area contributed by atoms with E-state index in [1.54, 1.807) is 12.3 Å². The molecule has 0 bridgehead atoms. The Bertz CT molecular complexity index is 396. The van der Waals surface area contributed by atoms with Crippen LogP contribution in [0.2, 0.25) is 0 Å². The Labute approximate surface area is 102 Å². The number of hydrogen-bond acceptors (Lipinski definition) is 4. The van der Waals surface area contributed by atoms with Gasteiger partial charge in [-0.15, -0.1) is 0 Å². The fraction of sp³-hybridized carbons (Fsp3) is 0.538. The maximum Gasteiger partial charge on any atom is 0.166 e. The van der Waals surface area contributed by atoms with Gasteiger partial charge in [-0.3, -0.25) is 0 Å². The van der Waals surface area contributed by atoms with Crippen LogP contribution in [0.5, 0.6) is 5.75 Å². The summed E-state index contributed by atoms with van der Waals surface area (Å²) < 4.78 is 5.51. The zero-order chi connectivity index (χ0) is 12.7. The highest BCUT2D eigenvalue weighted by molar-refractivity contribution is 5.44. The molecule has 0 saturated heterocycles. The van der Waals surface area contributed by atoms with Crippen LogP contribution in [-0.2, 0) is 0 Å². The molecular formula is C13H19N3O. The van der Waals surface area contributed by atoms with Crippen molar-refractivity contribution in [2.75, 3.05) is 12.3 Å². The van der Waals surface area contributed by atoms with Crippen molar-refractivity contribution in [1.29, 1.82) is 5.26 Å². The van der Waals surface area contributed by atoms with E-state index in [0.717, 1.165) is 19.3 Å². The molecule has 0 fully saturated rings. The maximum atomic E-state index is 8.86. The molecule has 1 rings (SSSR count). The van der Waals surface area contributed by atoms with E-state index in [4.69, 9.17) is 15.7 Å². The summed E-state index contributed by atoms with van der Waals surface area (Å²) in [5.41, 5.74) is 5.40. The smallest absolute Gasteiger partial charge is 0.166 e. The van der Waals surface area contributed by atoms with Crippen molar-refractivity contribution in [2.24, 2.45) is 5.41 Å². The van der Waals surface area contributed by atoms with Gasteiger partial charge in [0, 0.05) is 6.20 Å². The van der Waals surface area contributed by atoms with Crippen LogP contribution in [0.3, 0.4) is 0 Å². The summed E-state index contributed by atoms with van der Waals surface area (Å²) in [5, 5.41) is 8.86. The van der Waals surface area contributed by atoms with Crippen LogP contribution in [0.4, 0.5) is 5.82 Å². The number of ether oxygens (including phenoxy) is 1. The molecule has 0 radical (unpaired) electrons. The zero-order valence-electron chi connectivity index (χ0n) is 10.4. The van der Waals surface area contributed by atoms with Crippen LogP contribution in [0.15, 0.2) is 18.3 Å². The standard InChI is InChI=1S/C13H19N3O/c1-13(2,10-14)7-3-4-9-17-11-6-5-8-16-12(11)15/h5-6,8H,3-4,7,9H2,1-2H3,(H2,15,16). The third-order valence-corrected chi connectivity index (χ3v) is 2.56. The average Bonchev–Trinajstić information content (AvgIpc) is 2.31. The summed E-state index contributed by atoms with van der Waals surface area (Å²) >= 11 is 0. The molecular weight excluding hydrogens is 214 g/mol. The zero-order valence-corrected chi connectivity index (χ0v) is 10.4. The van der Waals surface area contributed by atoms with Gasteiger partial charge in [0.05, 0.1) is 18.1 Å². The van der Waals surface area contributed by atoms with E-state index in [-0.39, 0.29) is 5.41 Å². The summed E-state index contributed by atoms with van der Waals surface area (Å²) in [6, 6.07) is 5.89. The molecule has 0 aromatic carbocycles. The van der Waals surface area contributed by atoms with Gasteiger partial charge in [-0.05, 0) is 45.2 Å². The minimum absolute atomic E-state index is 0.243. The molecule has 1 aromatic heterocycles. The highest BCUT2D eigenvalue weighted by Gasteiger charge is 2.15. The quantitative estimate of drug-likeness (QED) is 0.767. The molecule has 17 heavy (non-hydrogen) atoms. The first-order valence-electron chi connectivity index (χ1n) is 5.80. The van der Waals surface area contributed by atoms with E-state index in [9.17, 15) is 0 Å². The van der Waals surface area contributed by atoms with Gasteiger partial charge < -0.3 is 10.5 Å². The molecule has 1 aromatic rings. The molecule has 1 heterocycles. The Kier molecular flexibility index (Phi) is 4.77. The number of nitrogens with zero attached hydrogens (tertiary/aromatic N) is 2. The number of hydrogen-bond donors (Lipinski definition) is 1. The number of nitrogens with two attached hydrogens (primary N) is 1. The van der Waals surface area contributed by atoms with E-state index in [0.29, 0.717) is 18.2 Å². The first-order chi connectivity index (χ1) is 8.05. The molecule has 0 aliphatic rings. The molecule has 4 heteroatoms. The van der Waals surface area contributed by atoms with Crippen LogP contribution in [0.1, 0.15) is 33.1 Å². The lowest BCUT2D eigenvalue weighted by molar-refractivity contribution is 0.295. The summed E-state index contributed by atoms with van der Waals surface area (Å²) in [5.74, 6) is 1.05. The molecule has 0 amide bonds. The minimum atomic E-state index is -0.243. The topological polar surface area (TPSA) is 71.9 Å². The SMILES string of the molecule is CC(C)(C#N)CCCCOc1cccnc1N. The molecule has 0 atom stereocenters. The summed E-state index contributed by atoms with van der Waals surface area (Å²) in [6.07, 6.45) is 4.41. The number of aromatic nitrogens is 1. The van der Waals surface area contributed by atoms with Gasteiger partial charge in [-0.2, -0.15) is 5.26 Å². The monoisotopic (exact) mass is 233 g/mol. The second-order valence-electron chi connectivity index (χ2n) is 4.69. The summed E-state index contributed by atoms with van der Waals surface area (Å²) in [4.78, 5) is 3.94. The van der Waals surface area contributed by atoms with Crippen molar-refractivity contribution in [3.8, 4) is 11.8 Å². The van der Waals surface area contributed by atoms with Crippen LogP contribution in [-0.4, -0.2) is 11.6 Å². The third-order valence-electron chi connectivity index (χ3n) is 2.56. The van der Waals surface area contributed by atoms with Crippen molar-refractivity contribution in [1.82, 2.24) is 4.98 Å². The lowest BCUT2D eigenvalue weighted by atomic mass is 9.89. The minimum Gasteiger partial charge on any atom is -0.490 e. The van der Waals surface area contributed by atoms with Crippen molar-refractivity contribution in [3.63, 3.8) is 0 Å². The number of unbranched alkanes of at least 4 members (excludes halogenated alkanes) is 1. The molecule has 0 saturated carbocycles. The number of anilines is 1. The highest BCUT2D eigenvalue weighted by atomic mass is 16.5. The van der Waals surface area contributed by atoms with Crippen molar-refractivity contribution >= 4 is 5.82 Å². The van der Waals surface area contributed by atoms with Gasteiger partial charge in [0.15, 0.2) is 11.6 Å². The van der Waals surface area contributed by atoms with Crippen molar-refractivity contribution in [2.45, 2.75) is 33.1 Å². The Morgan fingerprint density at radius 1 is 1.47 bits per heavy atom. The first-order valence-corrected chi connectivity index (χ1v) is 5.80. The van der Waals surface area contributed by atoms with Gasteiger partial charge in [-0.1, -0.05) is 0 Å². The predicted molar refractivity (Wildman–Crippen MR) is 67.4 cm³/mol. The van der Waals surface area contributed by atoms with Crippen molar-refractivity contribution in [3.05, 3.63) is 18.3 Å². The van der Waals surface area contributed by atoms with E-state index >= 15 is 0 Å². The van der Waals surface area contributed by atoms with Gasteiger partial charge in [0.2, 0.25) is 0 Å². The maximum absolute atomic E-state index is 8.86. The molecule has 92 valence electrons. The number of pyridine rings is 1. The van der Waals surface area contributed by atoms with Crippen molar-refractivity contribution < 1.29 is 4.74 Å². The highest BCUT2D eigenvalue weighted by Crippen LogP contribution is 2.22. The second kappa shape index (κ2) is 6.09. The van der Waals surface area contributed by atoms with E-state index in [2.05, 4.69) is 11.1 Å². The molecule has 0 spiro atoms.